The van der Waals surface area contributed by atoms with Crippen molar-refractivity contribution in [3.8, 4) is 11.4 Å². The number of hydrogen-bond acceptors (Lipinski definition) is 7. The Morgan fingerprint density at radius 3 is 2.88 bits per heavy atom. The molecule has 0 saturated carbocycles. The largest absolute Gasteiger partial charge is 0.458 e. The molecule has 1 atom stereocenters. The first kappa shape index (κ1) is 20.5. The smallest absolute Gasteiger partial charge is 0.343 e. The monoisotopic (exact) mass is 461 g/mol. The third-order valence-corrected chi connectivity index (χ3v) is 7.65. The van der Waals surface area contributed by atoms with Crippen molar-refractivity contribution in [1.29, 1.82) is 0 Å². The molecule has 0 saturated heterocycles. The van der Waals surface area contributed by atoms with Gasteiger partial charge in [-0.1, -0.05) is 18.7 Å². The molecular formula is C25H23N3O4S. The van der Waals surface area contributed by atoms with Crippen LogP contribution in [0.4, 0.5) is 5.69 Å². The number of nitrogens with one attached hydrogen (secondary N) is 1. The highest BCUT2D eigenvalue weighted by Crippen LogP contribution is 2.46. The summed E-state index contributed by atoms with van der Waals surface area (Å²) in [7, 11) is 0. The number of esters is 1. The van der Waals surface area contributed by atoms with Gasteiger partial charge in [0.25, 0.3) is 5.56 Å². The van der Waals surface area contributed by atoms with Gasteiger partial charge >= 0.3 is 5.97 Å². The maximum absolute atomic E-state index is 13.4. The van der Waals surface area contributed by atoms with Crippen molar-refractivity contribution in [3.63, 3.8) is 0 Å². The van der Waals surface area contributed by atoms with Crippen LogP contribution in [0.5, 0.6) is 0 Å². The highest BCUT2D eigenvalue weighted by atomic mass is 32.2. The van der Waals surface area contributed by atoms with Gasteiger partial charge in [-0.05, 0) is 55.5 Å². The fraction of sp³-hybridized carbons (Fsp3) is 0.320. The predicted octanol–water partition coefficient (Wildman–Crippen LogP) is 3.98. The summed E-state index contributed by atoms with van der Waals surface area (Å²) in [5.41, 5.74) is 3.94. The van der Waals surface area contributed by atoms with Crippen LogP contribution in [0.15, 0.2) is 33.3 Å². The first-order chi connectivity index (χ1) is 15.8. The van der Waals surface area contributed by atoms with Gasteiger partial charge in [0.1, 0.15) is 6.61 Å². The lowest BCUT2D eigenvalue weighted by atomic mass is 9.86. The Labute approximate surface area is 194 Å². The van der Waals surface area contributed by atoms with Crippen LogP contribution in [0.2, 0.25) is 0 Å². The number of rotatable bonds is 3. The molecule has 8 heteroatoms. The maximum Gasteiger partial charge on any atom is 0.343 e. The summed E-state index contributed by atoms with van der Waals surface area (Å²) < 4.78 is 6.85. The van der Waals surface area contributed by atoms with E-state index in [0.29, 0.717) is 29.4 Å². The number of aliphatic hydroxyl groups is 1. The first-order valence-corrected chi connectivity index (χ1v) is 12.0. The molecule has 0 spiro atoms. The number of fused-ring (bicyclic) bond motifs is 5. The van der Waals surface area contributed by atoms with Crippen LogP contribution in [0.3, 0.4) is 0 Å². The number of cyclic esters (lactones) is 1. The van der Waals surface area contributed by atoms with Gasteiger partial charge in [-0.2, -0.15) is 0 Å². The molecule has 1 aromatic carbocycles. The molecule has 0 radical (unpaired) electrons. The molecule has 2 aromatic heterocycles. The van der Waals surface area contributed by atoms with Crippen molar-refractivity contribution < 1.29 is 14.6 Å². The molecule has 7 nitrogen and oxygen atoms in total. The van der Waals surface area contributed by atoms with Crippen molar-refractivity contribution in [2.75, 3.05) is 5.32 Å². The van der Waals surface area contributed by atoms with E-state index in [1.165, 1.54) is 0 Å². The summed E-state index contributed by atoms with van der Waals surface area (Å²) in [6.07, 6.45) is 2.21. The molecule has 168 valence electrons. The van der Waals surface area contributed by atoms with E-state index in [1.54, 1.807) is 29.3 Å². The fourth-order valence-corrected chi connectivity index (χ4v) is 6.00. The lowest BCUT2D eigenvalue weighted by molar-refractivity contribution is -0.172. The Bertz CT molecular complexity index is 1470. The number of hydrogen-bond donors (Lipinski definition) is 2. The molecule has 3 aromatic rings. The Morgan fingerprint density at radius 1 is 1.30 bits per heavy atom. The zero-order chi connectivity index (χ0) is 23.1. The van der Waals surface area contributed by atoms with Crippen LogP contribution in [-0.2, 0) is 28.3 Å². The number of carbonyl (C=O) groups is 1. The Balaban J connectivity index is 1.62. The lowest BCUT2D eigenvalue weighted by Crippen LogP contribution is -2.44. The van der Waals surface area contributed by atoms with Gasteiger partial charge in [0.2, 0.25) is 0 Å². The Hall–Kier alpha value is -3.10. The zero-order valence-corrected chi connectivity index (χ0v) is 19.4. The van der Waals surface area contributed by atoms with Gasteiger partial charge < -0.3 is 19.7 Å². The van der Waals surface area contributed by atoms with E-state index in [-0.39, 0.29) is 18.6 Å². The van der Waals surface area contributed by atoms with E-state index in [9.17, 15) is 14.7 Å². The number of carbonyl (C=O) groups excluding carboxylic acids is 1. The summed E-state index contributed by atoms with van der Waals surface area (Å²) in [6.45, 7) is 6.19. The standard InChI is InChI=1S/C25H23N3O4S/c1-4-25(31)16-9-19-21-14(10-28(19)23(29)15(16)11-32-24(25)30)13-7-8-33-22-18(26-12(2)3)6-5-17(27-21)20(13)22/h5-9,12,26,31H,4,10-11H2,1-3H3/t25-/m0/s1. The van der Waals surface area contributed by atoms with Crippen LogP contribution in [0.25, 0.3) is 28.4 Å². The molecule has 6 rings (SSSR count). The van der Waals surface area contributed by atoms with E-state index < -0.39 is 11.6 Å². The minimum Gasteiger partial charge on any atom is -0.458 e. The van der Waals surface area contributed by atoms with Crippen LogP contribution in [0.1, 0.15) is 49.4 Å². The van der Waals surface area contributed by atoms with E-state index in [1.807, 2.05) is 12.1 Å². The van der Waals surface area contributed by atoms with Crippen molar-refractivity contribution in [2.24, 2.45) is 0 Å². The number of benzene rings is 1. The number of thioether (sulfide) groups is 1. The van der Waals surface area contributed by atoms with Crippen molar-refractivity contribution >= 4 is 40.4 Å². The van der Waals surface area contributed by atoms with Gasteiger partial charge in [-0.3, -0.25) is 4.79 Å². The molecule has 5 heterocycles. The van der Waals surface area contributed by atoms with Gasteiger partial charge in [-0.25, -0.2) is 9.78 Å². The molecule has 33 heavy (non-hydrogen) atoms. The quantitative estimate of drug-likeness (QED) is 0.446. The number of ether oxygens (including phenoxy) is 1. The third kappa shape index (κ3) is 2.71. The van der Waals surface area contributed by atoms with Gasteiger partial charge in [0.05, 0.1) is 29.0 Å². The number of anilines is 1. The van der Waals surface area contributed by atoms with Gasteiger partial charge in [0.15, 0.2) is 5.60 Å². The molecule has 3 aliphatic rings. The predicted molar refractivity (Wildman–Crippen MR) is 128 cm³/mol. The number of nitrogens with zero attached hydrogens (tertiary/aromatic N) is 2. The van der Waals surface area contributed by atoms with Gasteiger partial charge in [-0.15, -0.1) is 0 Å². The third-order valence-electron chi connectivity index (χ3n) is 6.71. The maximum atomic E-state index is 13.4. The minimum atomic E-state index is -1.82. The topological polar surface area (TPSA) is 93.5 Å². The molecule has 3 aliphatic heterocycles. The molecule has 0 amide bonds. The first-order valence-electron chi connectivity index (χ1n) is 11.1. The molecule has 2 N–H and O–H groups in total. The lowest BCUT2D eigenvalue weighted by Gasteiger charge is -2.31. The average molecular weight is 462 g/mol. The summed E-state index contributed by atoms with van der Waals surface area (Å²) >= 11 is 1.67. The molecule has 0 aliphatic carbocycles. The molecule has 0 bridgehead atoms. The highest BCUT2D eigenvalue weighted by Gasteiger charge is 2.45. The van der Waals surface area contributed by atoms with Crippen LogP contribution in [-0.4, -0.2) is 26.7 Å². The van der Waals surface area contributed by atoms with Crippen molar-refractivity contribution in [2.45, 2.75) is 56.9 Å². The average Bonchev–Trinajstić information content (AvgIpc) is 3.17. The van der Waals surface area contributed by atoms with E-state index >= 15 is 0 Å². The number of aromatic nitrogens is 2. The summed E-state index contributed by atoms with van der Waals surface area (Å²) in [5.74, 6) is -0.712. The molecular weight excluding hydrogens is 438 g/mol. The summed E-state index contributed by atoms with van der Waals surface area (Å²) in [6, 6.07) is 6.11. The normalized spacial score (nSPS) is 20.0. The van der Waals surface area contributed by atoms with E-state index in [0.717, 1.165) is 38.3 Å². The Kier molecular flexibility index (Phi) is 4.32. The van der Waals surface area contributed by atoms with Gasteiger partial charge in [0, 0.05) is 33.1 Å². The second kappa shape index (κ2) is 6.95. The molecule has 0 unspecified atom stereocenters. The minimum absolute atomic E-state index is 0.125. The molecule has 0 fully saturated rings. The van der Waals surface area contributed by atoms with Crippen molar-refractivity contribution in [1.82, 2.24) is 9.55 Å². The van der Waals surface area contributed by atoms with Crippen LogP contribution in [0, 0.1) is 0 Å². The SMILES string of the molecule is CC[C@@]1(O)C(=O)OCc2c1cc1n(c2=O)Cc2c-1nc1ccc(NC(C)C)c3c1c2C=CS3. The highest BCUT2D eigenvalue weighted by molar-refractivity contribution is 8.02. The van der Waals surface area contributed by atoms with Crippen molar-refractivity contribution in [3.05, 3.63) is 56.2 Å². The Morgan fingerprint density at radius 2 is 2.12 bits per heavy atom. The van der Waals surface area contributed by atoms with E-state index in [4.69, 9.17) is 9.72 Å². The number of pyridine rings is 2. The second-order valence-electron chi connectivity index (χ2n) is 9.01. The zero-order valence-electron chi connectivity index (χ0n) is 18.6. The second-order valence-corrected chi connectivity index (χ2v) is 9.93. The van der Waals surface area contributed by atoms with E-state index in [2.05, 4.69) is 30.6 Å². The van der Waals surface area contributed by atoms with Crippen LogP contribution < -0.4 is 10.9 Å². The van der Waals surface area contributed by atoms with Crippen LogP contribution >= 0.6 is 11.8 Å². The summed E-state index contributed by atoms with van der Waals surface area (Å²) in [5, 5.41) is 17.7. The fourth-order valence-electron chi connectivity index (χ4n) is 5.08. The summed E-state index contributed by atoms with van der Waals surface area (Å²) in [4.78, 5) is 31.9.